The van der Waals surface area contributed by atoms with E-state index in [1.54, 1.807) is 0 Å². The van der Waals surface area contributed by atoms with Gasteiger partial charge in [-0.05, 0) is 80.2 Å². The van der Waals surface area contributed by atoms with Gasteiger partial charge in [0.05, 0.1) is 0 Å². The number of rotatable bonds is 1. The molecule has 1 aromatic rings. The molecule has 6 unspecified atom stereocenters. The largest absolute Gasteiger partial charge is 0.324 e. The Morgan fingerprint density at radius 2 is 2.05 bits per heavy atom. The first-order chi connectivity index (χ1) is 10.3. The Hall–Kier alpha value is -0.890. The summed E-state index contributed by atoms with van der Waals surface area (Å²) in [7, 11) is 0. The Labute approximate surface area is 127 Å². The molecule has 1 aromatic heterocycles. The quantitative estimate of drug-likeness (QED) is 0.854. The third-order valence-corrected chi connectivity index (χ3v) is 7.45. The van der Waals surface area contributed by atoms with Crippen LogP contribution in [0.3, 0.4) is 0 Å². The Balaban J connectivity index is 1.54. The molecular formula is C19H26N2. The lowest BCUT2D eigenvalue weighted by molar-refractivity contribution is 0.122. The van der Waals surface area contributed by atoms with Crippen LogP contribution in [0.15, 0.2) is 18.3 Å². The maximum absolute atomic E-state index is 7.15. The predicted octanol–water partition coefficient (Wildman–Crippen LogP) is 3.66. The van der Waals surface area contributed by atoms with Gasteiger partial charge in [-0.3, -0.25) is 4.98 Å². The van der Waals surface area contributed by atoms with E-state index < -0.39 is 0 Å². The first-order valence-corrected chi connectivity index (χ1v) is 9.00. The van der Waals surface area contributed by atoms with Gasteiger partial charge in [0.15, 0.2) is 0 Å². The molecule has 0 radical (unpaired) electrons. The zero-order valence-electron chi connectivity index (χ0n) is 12.8. The highest BCUT2D eigenvalue weighted by Gasteiger charge is 2.62. The SMILES string of the molecule is NC1(C2CCCc3cccnc32)CC2CC1C1CCCC21. The number of fused-ring (bicyclic) bond motifs is 6. The van der Waals surface area contributed by atoms with Crippen LogP contribution in [-0.2, 0) is 6.42 Å². The maximum Gasteiger partial charge on any atom is 0.0484 e. The molecule has 112 valence electrons. The Bertz CT molecular complexity index is 568. The zero-order valence-corrected chi connectivity index (χ0v) is 12.8. The molecule has 4 aliphatic carbocycles. The molecule has 2 nitrogen and oxygen atoms in total. The molecule has 0 saturated heterocycles. The lowest BCUT2D eigenvalue weighted by Gasteiger charge is -2.46. The molecule has 4 aliphatic rings. The third-order valence-electron chi connectivity index (χ3n) is 7.45. The van der Waals surface area contributed by atoms with E-state index >= 15 is 0 Å². The van der Waals surface area contributed by atoms with Crippen LogP contribution < -0.4 is 5.73 Å². The van der Waals surface area contributed by atoms with Crippen molar-refractivity contribution in [2.24, 2.45) is 29.4 Å². The van der Waals surface area contributed by atoms with Crippen LogP contribution in [0.5, 0.6) is 0 Å². The summed E-state index contributed by atoms with van der Waals surface area (Å²) in [6, 6.07) is 4.38. The van der Waals surface area contributed by atoms with Gasteiger partial charge in [0, 0.05) is 23.3 Å². The van der Waals surface area contributed by atoms with Crippen LogP contribution in [0, 0.1) is 23.7 Å². The van der Waals surface area contributed by atoms with Gasteiger partial charge in [-0.25, -0.2) is 0 Å². The van der Waals surface area contributed by atoms with Crippen molar-refractivity contribution in [1.82, 2.24) is 4.98 Å². The van der Waals surface area contributed by atoms with E-state index in [9.17, 15) is 0 Å². The summed E-state index contributed by atoms with van der Waals surface area (Å²) in [6.07, 6.45) is 12.8. The number of nitrogens with two attached hydrogens (primary N) is 1. The van der Waals surface area contributed by atoms with Crippen molar-refractivity contribution in [3.8, 4) is 0 Å². The van der Waals surface area contributed by atoms with Gasteiger partial charge in [0.25, 0.3) is 0 Å². The van der Waals surface area contributed by atoms with Gasteiger partial charge < -0.3 is 5.73 Å². The summed E-state index contributed by atoms with van der Waals surface area (Å²) < 4.78 is 0. The molecule has 0 amide bonds. The summed E-state index contributed by atoms with van der Waals surface area (Å²) in [4.78, 5) is 4.78. The van der Waals surface area contributed by atoms with Crippen LogP contribution in [0.1, 0.15) is 62.1 Å². The Morgan fingerprint density at radius 3 is 3.00 bits per heavy atom. The second kappa shape index (κ2) is 4.32. The summed E-state index contributed by atoms with van der Waals surface area (Å²) in [6.45, 7) is 0. The minimum atomic E-state index is 0.0553. The zero-order chi connectivity index (χ0) is 14.0. The molecule has 5 rings (SSSR count). The number of nitrogens with zero attached hydrogens (tertiary/aromatic N) is 1. The highest BCUT2D eigenvalue weighted by molar-refractivity contribution is 5.32. The van der Waals surface area contributed by atoms with Gasteiger partial charge in [0.2, 0.25) is 0 Å². The molecule has 1 heterocycles. The van der Waals surface area contributed by atoms with E-state index in [4.69, 9.17) is 10.7 Å². The fraction of sp³-hybridized carbons (Fsp3) is 0.737. The van der Waals surface area contributed by atoms with E-state index in [0.29, 0.717) is 5.92 Å². The first kappa shape index (κ1) is 12.6. The number of aryl methyl sites for hydroxylation is 1. The van der Waals surface area contributed by atoms with Gasteiger partial charge >= 0.3 is 0 Å². The number of aromatic nitrogens is 1. The molecule has 3 fully saturated rings. The fourth-order valence-electron chi connectivity index (χ4n) is 6.77. The van der Waals surface area contributed by atoms with E-state index in [-0.39, 0.29) is 5.54 Å². The van der Waals surface area contributed by atoms with Gasteiger partial charge in [-0.2, -0.15) is 0 Å². The van der Waals surface area contributed by atoms with Gasteiger partial charge in [-0.15, -0.1) is 0 Å². The topological polar surface area (TPSA) is 38.9 Å². The first-order valence-electron chi connectivity index (χ1n) is 9.00. The standard InChI is InChI=1S/C19H26N2/c20-19(11-13-10-17(19)15-7-2-6-14(13)15)16-8-1-4-12-5-3-9-21-18(12)16/h3,5,9,13-17H,1-2,4,6-8,10-11,20H2. The second-order valence-corrected chi connectivity index (χ2v) is 8.17. The minimum Gasteiger partial charge on any atom is -0.324 e. The molecule has 0 aromatic carbocycles. The lowest BCUT2D eigenvalue weighted by Crippen LogP contribution is -2.54. The molecule has 0 spiro atoms. The smallest absolute Gasteiger partial charge is 0.0484 e. The van der Waals surface area contributed by atoms with Crippen molar-refractivity contribution in [2.45, 2.75) is 62.8 Å². The second-order valence-electron chi connectivity index (χ2n) is 8.17. The normalized spacial score (nSPS) is 47.4. The van der Waals surface area contributed by atoms with Crippen molar-refractivity contribution in [3.63, 3.8) is 0 Å². The average molecular weight is 282 g/mol. The number of hydrogen-bond acceptors (Lipinski definition) is 2. The molecular weight excluding hydrogens is 256 g/mol. The van der Waals surface area contributed by atoms with Gasteiger partial charge in [-0.1, -0.05) is 12.5 Å². The molecule has 3 saturated carbocycles. The van der Waals surface area contributed by atoms with Crippen LogP contribution >= 0.6 is 0 Å². The molecule has 2 N–H and O–H groups in total. The number of hydrogen-bond donors (Lipinski definition) is 1. The summed E-state index contributed by atoms with van der Waals surface area (Å²) in [5, 5.41) is 0. The highest BCUT2D eigenvalue weighted by atomic mass is 14.9. The fourth-order valence-corrected chi connectivity index (χ4v) is 6.77. The van der Waals surface area contributed by atoms with Gasteiger partial charge in [0.1, 0.15) is 0 Å². The monoisotopic (exact) mass is 282 g/mol. The van der Waals surface area contributed by atoms with E-state index in [2.05, 4.69) is 12.1 Å². The van der Waals surface area contributed by atoms with Crippen LogP contribution in [-0.4, -0.2) is 10.5 Å². The molecule has 2 bridgehead atoms. The molecule has 21 heavy (non-hydrogen) atoms. The van der Waals surface area contributed by atoms with E-state index in [0.717, 1.165) is 23.7 Å². The molecule has 0 aliphatic heterocycles. The minimum absolute atomic E-state index is 0.0553. The maximum atomic E-state index is 7.15. The van der Waals surface area contributed by atoms with Crippen molar-refractivity contribution < 1.29 is 0 Å². The van der Waals surface area contributed by atoms with E-state index in [1.807, 2.05) is 6.20 Å². The van der Waals surface area contributed by atoms with E-state index in [1.165, 1.54) is 62.6 Å². The van der Waals surface area contributed by atoms with Crippen molar-refractivity contribution in [3.05, 3.63) is 29.6 Å². The lowest BCUT2D eigenvalue weighted by atomic mass is 9.62. The van der Waals surface area contributed by atoms with Crippen molar-refractivity contribution >= 4 is 0 Å². The van der Waals surface area contributed by atoms with Crippen LogP contribution in [0.4, 0.5) is 0 Å². The highest BCUT2D eigenvalue weighted by Crippen LogP contribution is 2.65. The average Bonchev–Trinajstić information content (AvgIpc) is 3.18. The van der Waals surface area contributed by atoms with Crippen molar-refractivity contribution in [2.75, 3.05) is 0 Å². The summed E-state index contributed by atoms with van der Waals surface area (Å²) in [5.74, 6) is 4.22. The summed E-state index contributed by atoms with van der Waals surface area (Å²) >= 11 is 0. The van der Waals surface area contributed by atoms with Crippen molar-refractivity contribution in [1.29, 1.82) is 0 Å². The van der Waals surface area contributed by atoms with Crippen LogP contribution in [0.2, 0.25) is 0 Å². The number of pyridine rings is 1. The van der Waals surface area contributed by atoms with Crippen LogP contribution in [0.25, 0.3) is 0 Å². The predicted molar refractivity (Wildman–Crippen MR) is 83.9 cm³/mol. The summed E-state index contributed by atoms with van der Waals surface area (Å²) in [5.41, 5.74) is 10.0. The Kier molecular flexibility index (Phi) is 2.60. The third kappa shape index (κ3) is 1.60. The Morgan fingerprint density at radius 1 is 1.14 bits per heavy atom. The molecule has 6 atom stereocenters. The molecule has 2 heteroatoms.